The summed E-state index contributed by atoms with van der Waals surface area (Å²) in [7, 11) is 1.52. The maximum atomic E-state index is 13.1. The molecule has 9 heteroatoms. The lowest BCUT2D eigenvalue weighted by atomic mass is 10.0. The molecule has 0 spiro atoms. The number of carbonyl (C=O) groups is 4. The van der Waals surface area contributed by atoms with E-state index in [1.165, 1.54) is 18.9 Å². The highest BCUT2D eigenvalue weighted by Crippen LogP contribution is 2.23. The van der Waals surface area contributed by atoms with Gasteiger partial charge in [0.05, 0.1) is 18.6 Å². The van der Waals surface area contributed by atoms with Gasteiger partial charge in [0.25, 0.3) is 0 Å². The van der Waals surface area contributed by atoms with Gasteiger partial charge in [0.15, 0.2) is 0 Å². The van der Waals surface area contributed by atoms with E-state index in [0.29, 0.717) is 0 Å². The van der Waals surface area contributed by atoms with E-state index in [9.17, 15) is 24.3 Å². The SMILES string of the molecule is CNC(=O)C[C@H](NC(=O)[C@@H]1C[C@@H](O)CN1C(=O)[C@@H](NC(C)=O)C(C)C)c1ccccc1. The van der Waals surface area contributed by atoms with Gasteiger partial charge < -0.3 is 26.0 Å². The van der Waals surface area contributed by atoms with Crippen molar-refractivity contribution in [1.82, 2.24) is 20.9 Å². The van der Waals surface area contributed by atoms with Gasteiger partial charge in [0.1, 0.15) is 12.1 Å². The molecule has 2 rings (SSSR count). The van der Waals surface area contributed by atoms with E-state index >= 15 is 0 Å². The van der Waals surface area contributed by atoms with Gasteiger partial charge >= 0.3 is 0 Å². The van der Waals surface area contributed by atoms with Crippen LogP contribution in [0.15, 0.2) is 30.3 Å². The Balaban J connectivity index is 2.22. The summed E-state index contributed by atoms with van der Waals surface area (Å²) < 4.78 is 0. The molecule has 4 atom stereocenters. The van der Waals surface area contributed by atoms with Gasteiger partial charge in [-0.1, -0.05) is 44.2 Å². The third-order valence-corrected chi connectivity index (χ3v) is 5.34. The standard InChI is InChI=1S/C22H32N4O5/c1-13(2)20(24-14(3)27)22(31)26-12-16(28)10-18(26)21(30)25-17(11-19(29)23-4)15-8-6-5-7-9-15/h5-9,13,16-18,20,28H,10-12H2,1-4H3,(H,23,29)(H,24,27)(H,25,30)/t16-,17+,18+,20+/m1/s1. The molecule has 0 aromatic heterocycles. The van der Waals surface area contributed by atoms with Crippen molar-refractivity contribution in [2.24, 2.45) is 5.92 Å². The summed E-state index contributed by atoms with van der Waals surface area (Å²) in [5.41, 5.74) is 0.758. The van der Waals surface area contributed by atoms with Crippen molar-refractivity contribution in [3.8, 4) is 0 Å². The summed E-state index contributed by atoms with van der Waals surface area (Å²) in [6.07, 6.45) is -0.723. The van der Waals surface area contributed by atoms with Crippen LogP contribution in [0.2, 0.25) is 0 Å². The predicted molar refractivity (Wildman–Crippen MR) is 115 cm³/mol. The molecule has 31 heavy (non-hydrogen) atoms. The Morgan fingerprint density at radius 3 is 2.32 bits per heavy atom. The highest BCUT2D eigenvalue weighted by molar-refractivity contribution is 5.93. The molecular formula is C22H32N4O5. The van der Waals surface area contributed by atoms with Crippen LogP contribution >= 0.6 is 0 Å². The Hall–Kier alpha value is -2.94. The smallest absolute Gasteiger partial charge is 0.246 e. The number of nitrogens with zero attached hydrogens (tertiary/aromatic N) is 1. The molecule has 0 radical (unpaired) electrons. The van der Waals surface area contributed by atoms with Gasteiger partial charge in [-0.3, -0.25) is 19.2 Å². The first kappa shape index (κ1) is 24.3. The van der Waals surface area contributed by atoms with Crippen LogP contribution in [-0.2, 0) is 19.2 Å². The van der Waals surface area contributed by atoms with Gasteiger partial charge in [0, 0.05) is 26.9 Å². The molecule has 4 N–H and O–H groups in total. The first-order chi connectivity index (χ1) is 14.6. The number of aliphatic hydroxyl groups excluding tert-OH is 1. The number of hydrogen-bond acceptors (Lipinski definition) is 5. The van der Waals surface area contributed by atoms with Crippen LogP contribution in [0.3, 0.4) is 0 Å². The Morgan fingerprint density at radius 2 is 1.77 bits per heavy atom. The van der Waals surface area contributed by atoms with Crippen molar-refractivity contribution in [2.75, 3.05) is 13.6 Å². The number of carbonyl (C=O) groups excluding carboxylic acids is 4. The van der Waals surface area contributed by atoms with E-state index in [1.807, 2.05) is 30.3 Å². The van der Waals surface area contributed by atoms with Crippen LogP contribution in [0, 0.1) is 5.92 Å². The van der Waals surface area contributed by atoms with Gasteiger partial charge in [-0.15, -0.1) is 0 Å². The van der Waals surface area contributed by atoms with Crippen LogP contribution in [0.1, 0.15) is 45.2 Å². The number of hydrogen-bond donors (Lipinski definition) is 4. The Labute approximate surface area is 182 Å². The molecule has 1 heterocycles. The number of benzene rings is 1. The monoisotopic (exact) mass is 432 g/mol. The van der Waals surface area contributed by atoms with Crippen LogP contribution < -0.4 is 16.0 Å². The Kier molecular flexibility index (Phi) is 8.56. The lowest BCUT2D eigenvalue weighted by molar-refractivity contribution is -0.142. The van der Waals surface area contributed by atoms with Gasteiger partial charge in [-0.05, 0) is 11.5 Å². The minimum Gasteiger partial charge on any atom is -0.391 e. The lowest BCUT2D eigenvalue weighted by Crippen LogP contribution is -2.55. The van der Waals surface area contributed by atoms with Gasteiger partial charge in [0.2, 0.25) is 23.6 Å². The molecule has 0 saturated carbocycles. The van der Waals surface area contributed by atoms with E-state index in [1.54, 1.807) is 13.8 Å². The summed E-state index contributed by atoms with van der Waals surface area (Å²) in [6.45, 7) is 4.93. The van der Waals surface area contributed by atoms with Crippen molar-refractivity contribution in [2.45, 2.75) is 57.8 Å². The molecule has 1 aromatic carbocycles. The zero-order chi connectivity index (χ0) is 23.1. The number of likely N-dealkylation sites (tertiary alicyclic amines) is 1. The molecule has 1 aliphatic heterocycles. The van der Waals surface area contributed by atoms with E-state index < -0.39 is 36.0 Å². The highest BCUT2D eigenvalue weighted by atomic mass is 16.3. The Bertz CT molecular complexity index is 798. The third-order valence-electron chi connectivity index (χ3n) is 5.34. The summed E-state index contributed by atoms with van der Waals surface area (Å²) in [5.74, 6) is -1.64. The number of amides is 4. The van der Waals surface area contributed by atoms with Gasteiger partial charge in [-0.2, -0.15) is 0 Å². The normalized spacial score (nSPS) is 20.1. The number of rotatable bonds is 8. The largest absolute Gasteiger partial charge is 0.391 e. The quantitative estimate of drug-likeness (QED) is 0.463. The van der Waals surface area contributed by atoms with Crippen molar-refractivity contribution in [1.29, 1.82) is 0 Å². The van der Waals surface area contributed by atoms with Crippen molar-refractivity contribution >= 4 is 23.6 Å². The van der Waals surface area contributed by atoms with Gasteiger partial charge in [-0.25, -0.2) is 0 Å². The lowest BCUT2D eigenvalue weighted by Gasteiger charge is -2.31. The van der Waals surface area contributed by atoms with E-state index in [4.69, 9.17) is 0 Å². The zero-order valence-corrected chi connectivity index (χ0v) is 18.4. The number of β-amino-alcohol motifs (C(OH)–C–C–N with tert-alkyl or cyclic N) is 1. The second kappa shape index (κ2) is 10.9. The van der Waals surface area contributed by atoms with Crippen LogP contribution in [0.5, 0.6) is 0 Å². The predicted octanol–water partition coefficient (Wildman–Crippen LogP) is 0.103. The fourth-order valence-electron chi connectivity index (χ4n) is 3.71. The minimum absolute atomic E-state index is 0.00513. The summed E-state index contributed by atoms with van der Waals surface area (Å²) >= 11 is 0. The fraction of sp³-hybridized carbons (Fsp3) is 0.545. The van der Waals surface area contributed by atoms with Crippen molar-refractivity contribution in [3.63, 3.8) is 0 Å². The van der Waals surface area contributed by atoms with E-state index in [2.05, 4.69) is 16.0 Å². The molecule has 0 bridgehead atoms. The van der Waals surface area contributed by atoms with E-state index in [-0.39, 0.29) is 37.1 Å². The molecular weight excluding hydrogens is 400 g/mol. The summed E-state index contributed by atoms with van der Waals surface area (Å²) in [6, 6.07) is 6.81. The molecule has 1 saturated heterocycles. The fourth-order valence-corrected chi connectivity index (χ4v) is 3.71. The topological polar surface area (TPSA) is 128 Å². The minimum atomic E-state index is -0.895. The average Bonchev–Trinajstić information content (AvgIpc) is 3.13. The van der Waals surface area contributed by atoms with Crippen LogP contribution in [0.25, 0.3) is 0 Å². The molecule has 1 aromatic rings. The summed E-state index contributed by atoms with van der Waals surface area (Å²) in [5, 5.41) is 18.2. The molecule has 170 valence electrons. The zero-order valence-electron chi connectivity index (χ0n) is 18.4. The Morgan fingerprint density at radius 1 is 1.13 bits per heavy atom. The highest BCUT2D eigenvalue weighted by Gasteiger charge is 2.42. The maximum Gasteiger partial charge on any atom is 0.246 e. The van der Waals surface area contributed by atoms with Crippen LogP contribution in [-0.4, -0.2) is 65.4 Å². The van der Waals surface area contributed by atoms with Crippen LogP contribution in [0.4, 0.5) is 0 Å². The molecule has 0 aliphatic carbocycles. The second-order valence-corrected chi connectivity index (χ2v) is 8.17. The first-order valence-electron chi connectivity index (χ1n) is 10.5. The maximum absolute atomic E-state index is 13.1. The molecule has 1 aliphatic rings. The molecule has 9 nitrogen and oxygen atoms in total. The summed E-state index contributed by atoms with van der Waals surface area (Å²) in [4.78, 5) is 51.1. The third kappa shape index (κ3) is 6.52. The first-order valence-corrected chi connectivity index (χ1v) is 10.5. The molecule has 4 amide bonds. The van der Waals surface area contributed by atoms with Crippen molar-refractivity contribution < 1.29 is 24.3 Å². The molecule has 0 unspecified atom stereocenters. The van der Waals surface area contributed by atoms with Crippen molar-refractivity contribution in [3.05, 3.63) is 35.9 Å². The number of nitrogens with one attached hydrogen (secondary N) is 3. The molecule has 1 fully saturated rings. The average molecular weight is 433 g/mol. The van der Waals surface area contributed by atoms with E-state index in [0.717, 1.165) is 5.56 Å². The second-order valence-electron chi connectivity index (χ2n) is 8.17. The number of aliphatic hydroxyl groups is 1.